The highest BCUT2D eigenvalue weighted by atomic mass is 19.4. The molecule has 2 rings (SSSR count). The van der Waals surface area contributed by atoms with E-state index in [2.05, 4.69) is 0 Å². The zero-order valence-corrected chi connectivity index (χ0v) is 8.84. The summed E-state index contributed by atoms with van der Waals surface area (Å²) in [7, 11) is 0. The number of hydrogen-bond donors (Lipinski definition) is 2. The topological polar surface area (TPSA) is 55.1 Å². The van der Waals surface area contributed by atoms with E-state index in [4.69, 9.17) is 5.84 Å². The second kappa shape index (κ2) is 4.03. The Balaban J connectivity index is 2.45. The van der Waals surface area contributed by atoms with Crippen LogP contribution in [-0.4, -0.2) is 5.91 Å². The van der Waals surface area contributed by atoms with Crippen molar-refractivity contribution in [1.82, 2.24) is 5.43 Å². The van der Waals surface area contributed by atoms with E-state index in [-0.39, 0.29) is 17.0 Å². The molecule has 3 nitrogen and oxygen atoms in total. The number of hydrogen-bond acceptors (Lipinski definition) is 2. The Morgan fingerprint density at radius 1 is 1.35 bits per heavy atom. The number of benzene rings is 1. The molecule has 0 radical (unpaired) electrons. The fraction of sp³-hybridized carbons (Fsp3) is 0.364. The Morgan fingerprint density at radius 2 is 2.00 bits per heavy atom. The maximum atomic E-state index is 12.7. The van der Waals surface area contributed by atoms with E-state index in [1.807, 2.05) is 5.43 Å². The molecule has 1 saturated carbocycles. The number of nitrogens with one attached hydrogen (secondary N) is 1. The van der Waals surface area contributed by atoms with Gasteiger partial charge in [0.1, 0.15) is 0 Å². The van der Waals surface area contributed by atoms with Crippen LogP contribution in [0.25, 0.3) is 0 Å². The zero-order valence-electron chi connectivity index (χ0n) is 8.84. The molecule has 1 fully saturated rings. The molecule has 1 aromatic carbocycles. The first-order valence-corrected chi connectivity index (χ1v) is 5.15. The lowest BCUT2D eigenvalue weighted by Crippen LogP contribution is -2.30. The first kappa shape index (κ1) is 11.9. The largest absolute Gasteiger partial charge is 0.416 e. The molecule has 0 saturated heterocycles. The third-order valence-corrected chi connectivity index (χ3v) is 2.77. The lowest BCUT2D eigenvalue weighted by molar-refractivity contribution is -0.138. The van der Waals surface area contributed by atoms with Gasteiger partial charge in [0, 0.05) is 5.56 Å². The zero-order chi connectivity index (χ0) is 12.6. The van der Waals surface area contributed by atoms with Crippen LogP contribution in [0.3, 0.4) is 0 Å². The van der Waals surface area contributed by atoms with Gasteiger partial charge in [-0.1, -0.05) is 0 Å². The molecule has 0 aromatic heterocycles. The van der Waals surface area contributed by atoms with Crippen molar-refractivity contribution in [2.75, 3.05) is 0 Å². The number of alkyl halides is 3. The number of amides is 1. The van der Waals surface area contributed by atoms with Crippen molar-refractivity contribution in [2.24, 2.45) is 5.84 Å². The molecular formula is C11H11F3N2O. The van der Waals surface area contributed by atoms with Gasteiger partial charge in [-0.3, -0.25) is 10.2 Å². The highest BCUT2D eigenvalue weighted by Crippen LogP contribution is 2.46. The highest BCUT2D eigenvalue weighted by molar-refractivity contribution is 5.94. The van der Waals surface area contributed by atoms with Crippen molar-refractivity contribution in [3.63, 3.8) is 0 Å². The van der Waals surface area contributed by atoms with Crippen LogP contribution in [-0.2, 0) is 6.18 Å². The Bertz CT molecular complexity index is 453. The van der Waals surface area contributed by atoms with Gasteiger partial charge in [0.15, 0.2) is 0 Å². The van der Waals surface area contributed by atoms with Gasteiger partial charge < -0.3 is 0 Å². The van der Waals surface area contributed by atoms with Crippen molar-refractivity contribution in [1.29, 1.82) is 0 Å². The second-order valence-electron chi connectivity index (χ2n) is 4.05. The predicted octanol–water partition coefficient (Wildman–Crippen LogP) is 2.19. The van der Waals surface area contributed by atoms with Crippen molar-refractivity contribution in [2.45, 2.75) is 24.9 Å². The maximum absolute atomic E-state index is 12.7. The molecule has 0 bridgehead atoms. The summed E-state index contributed by atoms with van der Waals surface area (Å²) in [6.45, 7) is 0. The lowest BCUT2D eigenvalue weighted by atomic mass is 9.99. The van der Waals surface area contributed by atoms with Crippen molar-refractivity contribution in [3.8, 4) is 0 Å². The SMILES string of the molecule is NNC(=O)c1ccc(C(F)(F)F)c(C2CC2)c1. The average molecular weight is 244 g/mol. The van der Waals surface area contributed by atoms with E-state index in [1.54, 1.807) is 0 Å². The summed E-state index contributed by atoms with van der Waals surface area (Å²) in [4.78, 5) is 11.3. The summed E-state index contributed by atoms with van der Waals surface area (Å²) in [5.41, 5.74) is 1.60. The summed E-state index contributed by atoms with van der Waals surface area (Å²) in [6, 6.07) is 3.36. The number of hydrazine groups is 1. The van der Waals surface area contributed by atoms with Crippen molar-refractivity contribution < 1.29 is 18.0 Å². The molecule has 0 aliphatic heterocycles. The Kier molecular flexibility index (Phi) is 2.82. The molecule has 1 aliphatic rings. The monoisotopic (exact) mass is 244 g/mol. The fourth-order valence-corrected chi connectivity index (χ4v) is 1.78. The van der Waals surface area contributed by atoms with E-state index < -0.39 is 17.6 Å². The number of rotatable bonds is 2. The summed E-state index contributed by atoms with van der Waals surface area (Å²) in [6.07, 6.45) is -2.91. The van der Waals surface area contributed by atoms with E-state index >= 15 is 0 Å². The van der Waals surface area contributed by atoms with Crippen LogP contribution in [0.4, 0.5) is 13.2 Å². The standard InChI is InChI=1S/C11H11F3N2O/c12-11(13,14)9-4-3-7(10(17)16-15)5-8(9)6-1-2-6/h3-6H,1-2,15H2,(H,16,17). The van der Waals surface area contributed by atoms with E-state index in [1.165, 1.54) is 6.07 Å². The summed E-state index contributed by atoms with van der Waals surface area (Å²) >= 11 is 0. The van der Waals surface area contributed by atoms with E-state index in [0.29, 0.717) is 0 Å². The highest BCUT2D eigenvalue weighted by Gasteiger charge is 2.38. The van der Waals surface area contributed by atoms with Crippen LogP contribution in [0.5, 0.6) is 0 Å². The van der Waals surface area contributed by atoms with Gasteiger partial charge in [-0.25, -0.2) is 5.84 Å². The Morgan fingerprint density at radius 3 is 2.47 bits per heavy atom. The van der Waals surface area contributed by atoms with Gasteiger partial charge in [0.25, 0.3) is 5.91 Å². The minimum absolute atomic E-state index is 0.0860. The van der Waals surface area contributed by atoms with Crippen LogP contribution in [0.1, 0.15) is 40.2 Å². The van der Waals surface area contributed by atoms with Gasteiger partial charge in [0.05, 0.1) is 5.56 Å². The maximum Gasteiger partial charge on any atom is 0.416 e. The van der Waals surface area contributed by atoms with Gasteiger partial charge in [0.2, 0.25) is 0 Å². The number of carbonyl (C=O) groups is 1. The summed E-state index contributed by atoms with van der Waals surface area (Å²) in [5.74, 6) is 4.28. The molecule has 17 heavy (non-hydrogen) atoms. The normalized spacial score (nSPS) is 15.8. The third-order valence-electron chi connectivity index (χ3n) is 2.77. The van der Waals surface area contributed by atoms with Gasteiger partial charge >= 0.3 is 6.18 Å². The molecule has 6 heteroatoms. The molecule has 1 aliphatic carbocycles. The quantitative estimate of drug-likeness (QED) is 0.476. The first-order valence-electron chi connectivity index (χ1n) is 5.15. The van der Waals surface area contributed by atoms with Gasteiger partial charge in [-0.15, -0.1) is 0 Å². The smallest absolute Gasteiger partial charge is 0.290 e. The van der Waals surface area contributed by atoms with Gasteiger partial charge in [-0.2, -0.15) is 13.2 Å². The second-order valence-corrected chi connectivity index (χ2v) is 4.05. The third kappa shape index (κ3) is 2.41. The summed E-state index contributed by atoms with van der Waals surface area (Å²) < 4.78 is 38.2. The van der Waals surface area contributed by atoms with Crippen LogP contribution >= 0.6 is 0 Å². The molecule has 0 heterocycles. The molecular weight excluding hydrogens is 233 g/mol. The van der Waals surface area contributed by atoms with Crippen LogP contribution in [0, 0.1) is 0 Å². The number of nitrogens with two attached hydrogens (primary N) is 1. The van der Waals surface area contributed by atoms with E-state index in [0.717, 1.165) is 25.0 Å². The fourth-order valence-electron chi connectivity index (χ4n) is 1.78. The van der Waals surface area contributed by atoms with Crippen LogP contribution in [0.2, 0.25) is 0 Å². The number of carbonyl (C=O) groups excluding carboxylic acids is 1. The average Bonchev–Trinajstić information content (AvgIpc) is 3.09. The Hall–Kier alpha value is -1.56. The molecule has 1 aromatic rings. The first-order chi connectivity index (χ1) is 7.93. The van der Waals surface area contributed by atoms with Gasteiger partial charge in [-0.05, 0) is 42.5 Å². The van der Waals surface area contributed by atoms with Crippen LogP contribution in [0.15, 0.2) is 18.2 Å². The molecule has 1 amide bonds. The molecule has 0 unspecified atom stereocenters. The minimum atomic E-state index is -4.38. The number of halogens is 3. The predicted molar refractivity (Wildman–Crippen MR) is 55.1 cm³/mol. The minimum Gasteiger partial charge on any atom is -0.290 e. The van der Waals surface area contributed by atoms with Crippen LogP contribution < -0.4 is 11.3 Å². The van der Waals surface area contributed by atoms with Crippen molar-refractivity contribution >= 4 is 5.91 Å². The van der Waals surface area contributed by atoms with E-state index in [9.17, 15) is 18.0 Å². The molecule has 3 N–H and O–H groups in total. The molecule has 0 atom stereocenters. The molecule has 0 spiro atoms. The molecule has 92 valence electrons. The summed E-state index contributed by atoms with van der Waals surface area (Å²) in [5, 5.41) is 0. The Labute approximate surface area is 95.8 Å². The van der Waals surface area contributed by atoms with Crippen molar-refractivity contribution in [3.05, 3.63) is 34.9 Å². The lowest BCUT2D eigenvalue weighted by Gasteiger charge is -2.13. The number of nitrogen functional groups attached to an aromatic ring is 1.